The highest BCUT2D eigenvalue weighted by molar-refractivity contribution is 6.62. The average Bonchev–Trinajstić information content (AvgIpc) is 0.721. The van der Waals surface area contributed by atoms with Crippen LogP contribution in [-0.4, -0.2) is 251 Å². The number of methoxy groups -OCH3 is 2. The molecule has 10 N–H and O–H groups in total. The Morgan fingerprint density at radius 2 is 0.496 bits per heavy atom. The van der Waals surface area contributed by atoms with Crippen LogP contribution in [0, 0.1) is 0 Å². The van der Waals surface area contributed by atoms with Crippen molar-refractivity contribution in [3.05, 3.63) is 126 Å². The predicted octanol–water partition coefficient (Wildman–Crippen LogP) is 7.61. The van der Waals surface area contributed by atoms with Crippen LogP contribution in [-0.2, 0) is 104 Å². The summed E-state index contributed by atoms with van der Waals surface area (Å²) in [6, 6.07) is 29.7. The van der Waals surface area contributed by atoms with Crippen molar-refractivity contribution < 1.29 is 120 Å². The molecule has 0 radical (unpaired) electrons. The molecule has 0 fully saturated rings. The molecule has 0 spiro atoms. The molecular formula is C74H120N6O31Si8. The van der Waals surface area contributed by atoms with Gasteiger partial charge in [0, 0.05) is 214 Å². The molecule has 37 nitrogen and oxygen atoms in total. The van der Waals surface area contributed by atoms with Gasteiger partial charge >= 0.3 is 82.7 Å². The van der Waals surface area contributed by atoms with Crippen LogP contribution in [0.5, 0.6) is 11.5 Å². The minimum Gasteiger partial charge on any atom is -0.497 e. The van der Waals surface area contributed by atoms with E-state index in [1.807, 2.05) is 48.5 Å². The Hall–Kier alpha value is -6.66. The molecule has 119 heavy (non-hydrogen) atoms. The summed E-state index contributed by atoms with van der Waals surface area (Å²) >= 11 is 0. The predicted molar refractivity (Wildman–Crippen MR) is 465 cm³/mol. The summed E-state index contributed by atoms with van der Waals surface area (Å²) in [5.41, 5.74) is 27.5. The summed E-state index contributed by atoms with van der Waals surface area (Å²) in [7, 11) is 14.7. The number of pyridine rings is 1. The minimum absolute atomic E-state index is 0.240. The Bertz CT molecular complexity index is 4640. The lowest BCUT2D eigenvalue weighted by Gasteiger charge is -2.24. The normalized spacial score (nSPS) is 11.6. The lowest BCUT2D eigenvalue weighted by molar-refractivity contribution is 0.122. The molecule has 10 rings (SSSR count). The molecule has 0 aliphatic carbocycles. The molecule has 4 heterocycles. The maximum Gasteiger partial charge on any atom is 0.549 e. The van der Waals surface area contributed by atoms with E-state index in [2.05, 4.69) is 0 Å². The topological polar surface area (TPSA) is 496 Å². The van der Waals surface area contributed by atoms with Gasteiger partial charge < -0.3 is 131 Å². The zero-order valence-electron chi connectivity index (χ0n) is 71.8. The first-order chi connectivity index (χ1) is 57.2. The van der Waals surface area contributed by atoms with Gasteiger partial charge in [0.1, 0.15) is 33.8 Å². The smallest absolute Gasteiger partial charge is 0.497 e. The van der Waals surface area contributed by atoms with Crippen LogP contribution in [0.15, 0.2) is 117 Å². The average molecular weight is 1810 g/mol. The molecule has 45 heteroatoms. The van der Waals surface area contributed by atoms with Crippen molar-refractivity contribution in [1.29, 1.82) is 0 Å². The van der Waals surface area contributed by atoms with E-state index in [4.69, 9.17) is 149 Å². The van der Waals surface area contributed by atoms with Crippen LogP contribution < -0.4 is 60.5 Å². The summed E-state index contributed by atoms with van der Waals surface area (Å²) in [4.78, 5) is 50.9. The number of nitrogens with two attached hydrogens (primary N) is 5. The molecule has 4 aromatic heterocycles. The van der Waals surface area contributed by atoms with Gasteiger partial charge in [-0.1, -0.05) is 12.1 Å². The molecule has 0 aliphatic rings. The highest BCUT2D eigenvalue weighted by Gasteiger charge is 2.41. The van der Waals surface area contributed by atoms with Crippen LogP contribution >= 0.6 is 0 Å². The molecule has 0 unspecified atom stereocenters. The summed E-state index contributed by atoms with van der Waals surface area (Å²) in [5.74, 6) is 1.41. The maximum atomic E-state index is 13.4. The molecular weight excluding hydrogens is 1690 g/mol. The number of hydrogen-bond donors (Lipinski definition) is 5. The Labute approximate surface area is 702 Å². The van der Waals surface area contributed by atoms with Gasteiger partial charge in [-0.15, -0.1) is 0 Å². The van der Waals surface area contributed by atoms with Gasteiger partial charge in [0.15, 0.2) is 0 Å². The van der Waals surface area contributed by atoms with E-state index in [1.165, 1.54) is 4.57 Å². The quantitative estimate of drug-likeness (QED) is 0.0140. The first kappa shape index (κ1) is 108. The Morgan fingerprint density at radius 1 is 0.277 bits per heavy atom. The Kier molecular flexibility index (Phi) is 51.2. The van der Waals surface area contributed by atoms with Gasteiger partial charge in [0.2, 0.25) is 0 Å². The van der Waals surface area contributed by atoms with Gasteiger partial charge in [-0.2, -0.15) is 0 Å². The fourth-order valence-electron chi connectivity index (χ4n) is 12.5. The zero-order valence-corrected chi connectivity index (χ0v) is 79.8. The number of ether oxygens (including phenoxy) is 2. The standard InChI is InChI=1S/C25H25NO7Si.C19H10O5.5C6H17NO3Si.2O2Si/c1-29-15-6-10-20-19(14-15)16-7-8-17-22-18(9-11-21(33-20)23(16)22)25(28)26(24(17)27)12-5-13-34(30-2,31-3)32-4;1-22-9-2-6-14-13(8-9)10-3-4-11-16-12(19(21)24-18(11)20)5-7-15(23-14)17(10)16;5*1-8-11(9-2,10-3)6-4-5-7;2*1-3-2/h6-11,14H,5,12-13H2,1-4H3;2-8H,1H3;5*4-7H2,1-3H3;;. The van der Waals surface area contributed by atoms with Crippen molar-refractivity contribution >= 4 is 158 Å². The van der Waals surface area contributed by atoms with Gasteiger partial charge in [-0.3, -0.25) is 32.0 Å². The Balaban J connectivity index is 0.000000496. The monoisotopic (exact) mass is 1810 g/mol. The number of hydrogen-bond acceptors (Lipinski definition) is 36. The van der Waals surface area contributed by atoms with Gasteiger partial charge in [-0.25, -0.2) is 9.59 Å². The number of benzene rings is 6. The molecule has 664 valence electrons. The molecule has 0 amide bonds. The van der Waals surface area contributed by atoms with E-state index in [0.717, 1.165) is 94.6 Å². The van der Waals surface area contributed by atoms with E-state index < -0.39 is 82.7 Å². The third kappa shape index (κ3) is 29.2. The highest BCUT2D eigenvalue weighted by atomic mass is 28.4. The summed E-state index contributed by atoms with van der Waals surface area (Å²) in [6.45, 7) is 3.46. The zero-order chi connectivity index (χ0) is 89.6. The fourth-order valence-corrected chi connectivity index (χ4v) is 23.0. The summed E-state index contributed by atoms with van der Waals surface area (Å²) in [6.07, 6.45) is 4.89. The van der Waals surface area contributed by atoms with Crippen molar-refractivity contribution in [2.45, 2.75) is 81.3 Å². The second kappa shape index (κ2) is 56.2. The minimum atomic E-state index is -2.80. The van der Waals surface area contributed by atoms with Crippen LogP contribution in [0.25, 0.3) is 87.0 Å². The second-order valence-corrected chi connectivity index (χ2v) is 43.8. The summed E-state index contributed by atoms with van der Waals surface area (Å²) in [5, 5.41) is 7.96. The van der Waals surface area contributed by atoms with Gasteiger partial charge in [0.05, 0.1) is 25.0 Å². The van der Waals surface area contributed by atoms with Gasteiger partial charge in [0.25, 0.3) is 11.1 Å². The van der Waals surface area contributed by atoms with Crippen molar-refractivity contribution in [2.75, 3.05) is 175 Å². The van der Waals surface area contributed by atoms with Gasteiger partial charge in [-0.05, 0) is 155 Å². The van der Waals surface area contributed by atoms with Crippen LogP contribution in [0.4, 0.5) is 0 Å². The molecule has 0 aliphatic heterocycles. The van der Waals surface area contributed by atoms with Crippen LogP contribution in [0.1, 0.15) is 38.5 Å². The summed E-state index contributed by atoms with van der Waals surface area (Å²) < 4.78 is 157. The molecule has 0 bridgehead atoms. The van der Waals surface area contributed by atoms with Crippen LogP contribution in [0.2, 0.25) is 36.3 Å². The van der Waals surface area contributed by atoms with E-state index >= 15 is 0 Å². The number of rotatable bonds is 39. The van der Waals surface area contributed by atoms with Crippen molar-refractivity contribution in [1.82, 2.24) is 4.57 Å². The van der Waals surface area contributed by atoms with Crippen molar-refractivity contribution in [3.63, 3.8) is 0 Å². The van der Waals surface area contributed by atoms with Crippen molar-refractivity contribution in [2.24, 2.45) is 28.7 Å². The fraction of sp³-hybridized carbons (Fsp3) is 0.514. The molecule has 6 aromatic carbocycles. The largest absolute Gasteiger partial charge is 0.549 e. The molecule has 0 atom stereocenters. The first-order valence-electron chi connectivity index (χ1n) is 37.1. The third-order valence-corrected chi connectivity index (χ3v) is 36.1. The second-order valence-electron chi connectivity index (χ2n) is 24.9. The van der Waals surface area contributed by atoms with Crippen molar-refractivity contribution in [3.8, 4) is 11.5 Å². The third-order valence-electron chi connectivity index (χ3n) is 19.1. The first-order valence-corrected chi connectivity index (χ1v) is 50.4. The lowest BCUT2D eigenvalue weighted by Crippen LogP contribution is -2.43. The maximum absolute atomic E-state index is 13.4. The molecule has 10 aromatic rings. The van der Waals surface area contributed by atoms with E-state index in [9.17, 15) is 19.2 Å². The SMILES string of the molecule is CO[Si](CCCN)(OC)OC.CO[Si](CCCN)(OC)OC.CO[Si](CCCN)(OC)OC.CO[Si](CCCN)(OC)OC.CO[Si](CCCN)(OC)OC.COc1ccc2oc3ccc4c(=O)n(CCC[Si](OC)(OC)OC)c(=O)c5ccc(c2c1)c3c45.COc1ccc2oc3ccc4c(=O)oc(=O)c5ccc(c2c1)c3c45.O=[Si]=O.O=[Si]=O. The Morgan fingerprint density at radius 3 is 0.748 bits per heavy atom. The lowest BCUT2D eigenvalue weighted by atomic mass is 9.96. The van der Waals surface area contributed by atoms with Crippen LogP contribution in [0.3, 0.4) is 0 Å². The highest BCUT2D eigenvalue weighted by Crippen LogP contribution is 2.40. The molecule has 0 saturated carbocycles. The number of fused-ring (bicyclic) bond motifs is 4. The van der Waals surface area contributed by atoms with E-state index in [-0.39, 0.29) is 17.7 Å². The van der Waals surface area contributed by atoms with E-state index in [0.29, 0.717) is 111 Å². The number of aromatic nitrogens is 1. The van der Waals surface area contributed by atoms with E-state index in [1.54, 1.807) is 179 Å². The number of nitrogens with zero attached hydrogens (tertiary/aromatic N) is 1. The molecule has 0 saturated heterocycles.